The van der Waals surface area contributed by atoms with E-state index in [2.05, 4.69) is 42.2 Å². The Morgan fingerprint density at radius 2 is 1.23 bits per heavy atom. The quantitative estimate of drug-likeness (QED) is 0.0355. The Balaban J connectivity index is 1.67. The minimum Gasteiger partial charge on any atom is -0.481 e. The molecule has 0 spiro atoms. The van der Waals surface area contributed by atoms with Crippen molar-refractivity contribution in [3.05, 3.63) is 71.9 Å². The van der Waals surface area contributed by atoms with Crippen molar-refractivity contribution in [3.63, 3.8) is 0 Å². The van der Waals surface area contributed by atoms with E-state index in [1.807, 2.05) is 24.3 Å². The molecule has 0 aliphatic rings. The number of carboxylic acid groups (broad SMARTS) is 1. The predicted molar refractivity (Wildman–Crippen MR) is 237 cm³/mol. The van der Waals surface area contributed by atoms with E-state index in [4.69, 9.17) is 22.3 Å². The van der Waals surface area contributed by atoms with Crippen molar-refractivity contribution in [1.29, 1.82) is 0 Å². The molecule has 0 saturated carbocycles. The summed E-state index contributed by atoms with van der Waals surface area (Å²) in [5, 5.41) is 36.7. The fourth-order valence-electron chi connectivity index (χ4n) is 6.56. The van der Waals surface area contributed by atoms with Crippen LogP contribution in [0.1, 0.15) is 57.6 Å². The number of hydrogen-bond donors (Lipinski definition) is 13. The number of aliphatic carboxylic acids is 1. The van der Waals surface area contributed by atoms with E-state index >= 15 is 0 Å². The lowest BCUT2D eigenvalue weighted by molar-refractivity contribution is -0.138. The molecule has 0 fully saturated rings. The van der Waals surface area contributed by atoms with E-state index in [1.165, 1.54) is 6.92 Å². The maximum absolute atomic E-state index is 13.8. The zero-order valence-corrected chi connectivity index (χ0v) is 36.8. The Labute approximate surface area is 379 Å². The molecule has 23 heteroatoms. The van der Waals surface area contributed by atoms with Crippen LogP contribution in [0.15, 0.2) is 60.8 Å². The summed E-state index contributed by atoms with van der Waals surface area (Å²) in [5.74, 6) is -9.66. The maximum Gasteiger partial charge on any atom is 0.303 e. The number of amides is 9. The Hall–Kier alpha value is -7.40. The number of carboxylic acids is 1. The highest BCUT2D eigenvalue weighted by molar-refractivity contribution is 5.98. The molecule has 66 heavy (non-hydrogen) atoms. The van der Waals surface area contributed by atoms with Crippen LogP contribution in [-0.2, 0) is 60.8 Å². The molecule has 9 amide bonds. The van der Waals surface area contributed by atoms with Crippen LogP contribution in [0.25, 0.3) is 10.9 Å². The number of nitrogens with two attached hydrogens (primary N) is 3. The highest BCUT2D eigenvalue weighted by Gasteiger charge is 2.34. The van der Waals surface area contributed by atoms with Gasteiger partial charge in [0.05, 0.1) is 25.6 Å². The molecule has 0 aliphatic carbocycles. The van der Waals surface area contributed by atoms with Gasteiger partial charge in [0.15, 0.2) is 0 Å². The van der Waals surface area contributed by atoms with Gasteiger partial charge in [-0.3, -0.25) is 47.9 Å². The van der Waals surface area contributed by atoms with E-state index in [0.717, 1.165) is 16.5 Å². The van der Waals surface area contributed by atoms with Crippen LogP contribution in [-0.4, -0.2) is 130 Å². The molecule has 1 heterocycles. The number of aromatic nitrogens is 1. The predicted octanol–water partition coefficient (Wildman–Crippen LogP) is -3.41. The number of fused-ring (bicyclic) bond motifs is 1. The van der Waals surface area contributed by atoms with Crippen molar-refractivity contribution in [2.45, 2.75) is 102 Å². The highest BCUT2D eigenvalue weighted by atomic mass is 16.4. The first kappa shape index (κ1) is 52.9. The van der Waals surface area contributed by atoms with Gasteiger partial charge in [-0.2, -0.15) is 0 Å². The van der Waals surface area contributed by atoms with Crippen LogP contribution in [0.3, 0.4) is 0 Å². The number of para-hydroxylation sites is 1. The summed E-state index contributed by atoms with van der Waals surface area (Å²) in [4.78, 5) is 131. The lowest BCUT2D eigenvalue weighted by Gasteiger charge is -2.27. The van der Waals surface area contributed by atoms with Crippen molar-refractivity contribution in [3.8, 4) is 0 Å². The lowest BCUT2D eigenvalue weighted by atomic mass is 10.0. The molecule has 0 aliphatic heterocycles. The zero-order chi connectivity index (χ0) is 49.1. The third-order valence-corrected chi connectivity index (χ3v) is 10.1. The fraction of sp³-hybridized carbons (Fsp3) is 0.442. The summed E-state index contributed by atoms with van der Waals surface area (Å²) in [6, 6.07) is 5.70. The number of hydrogen-bond acceptors (Lipinski definition) is 12. The van der Waals surface area contributed by atoms with Crippen LogP contribution < -0.4 is 54.4 Å². The first-order chi connectivity index (χ1) is 31.2. The molecule has 1 aromatic heterocycles. The Morgan fingerprint density at radius 1 is 0.652 bits per heavy atom. The van der Waals surface area contributed by atoms with Crippen LogP contribution in [0, 0.1) is 5.92 Å². The number of aliphatic hydroxyl groups is 1. The standard InChI is InChI=1S/C43H59N11O12/c1-22(2)15-30(51-39(62)27(44)13-14-36(58)59)40(63)53-32(18-34(45)56)42(65)52-31(16-24-9-5-4-6-10-24)41(64)54-33(21-55)43(66)49-23(3)38(61)48-20-35(57)50-29(37(46)60)17-25-19-47-28-12-8-7-11-26(25)28/h4-12,19,22-23,27,29-33,47,55H,13-18,20-21,44H2,1-3H3,(H2,45,56)(H2,46,60)(H,48,61)(H,49,66)(H,50,57)(H,51,62)(H,52,65)(H,53,63)(H,54,64)(H,58,59)/t23-,27-,29-,30-,31-,32-,33-/m0/s1. The van der Waals surface area contributed by atoms with Crippen molar-refractivity contribution in [2.24, 2.45) is 23.1 Å². The van der Waals surface area contributed by atoms with Crippen molar-refractivity contribution in [1.82, 2.24) is 42.2 Å². The number of rotatable bonds is 27. The van der Waals surface area contributed by atoms with E-state index in [1.54, 1.807) is 50.4 Å². The molecule has 23 nitrogen and oxygen atoms in total. The number of aromatic amines is 1. The van der Waals surface area contributed by atoms with Gasteiger partial charge in [-0.15, -0.1) is 0 Å². The minimum atomic E-state index is -1.69. The molecule has 358 valence electrons. The van der Waals surface area contributed by atoms with Gasteiger partial charge in [0.25, 0.3) is 0 Å². The number of aliphatic hydroxyl groups excluding tert-OH is 1. The van der Waals surface area contributed by atoms with Crippen molar-refractivity contribution in [2.75, 3.05) is 13.2 Å². The van der Waals surface area contributed by atoms with E-state index < -0.39 is 127 Å². The van der Waals surface area contributed by atoms with Gasteiger partial charge >= 0.3 is 5.97 Å². The summed E-state index contributed by atoms with van der Waals surface area (Å²) in [5.41, 5.74) is 18.8. The molecule has 3 rings (SSSR count). The normalized spacial score (nSPS) is 14.2. The number of carbonyl (C=O) groups is 10. The second-order valence-electron chi connectivity index (χ2n) is 16.0. The van der Waals surface area contributed by atoms with Gasteiger partial charge in [-0.25, -0.2) is 0 Å². The number of nitrogens with one attached hydrogen (secondary N) is 8. The smallest absolute Gasteiger partial charge is 0.303 e. The van der Waals surface area contributed by atoms with Gasteiger partial charge in [-0.1, -0.05) is 62.4 Å². The molecule has 0 unspecified atom stereocenters. The van der Waals surface area contributed by atoms with Crippen LogP contribution in [0.2, 0.25) is 0 Å². The van der Waals surface area contributed by atoms with Crippen LogP contribution in [0.4, 0.5) is 0 Å². The summed E-state index contributed by atoms with van der Waals surface area (Å²) in [6.45, 7) is 3.16. The maximum atomic E-state index is 13.8. The first-order valence-corrected chi connectivity index (χ1v) is 21.0. The van der Waals surface area contributed by atoms with Gasteiger partial charge in [0.1, 0.15) is 36.3 Å². The third kappa shape index (κ3) is 17.3. The van der Waals surface area contributed by atoms with E-state index in [9.17, 15) is 53.1 Å². The van der Waals surface area contributed by atoms with Gasteiger partial charge in [-0.05, 0) is 42.9 Å². The van der Waals surface area contributed by atoms with Crippen LogP contribution >= 0.6 is 0 Å². The largest absolute Gasteiger partial charge is 0.481 e. The third-order valence-electron chi connectivity index (χ3n) is 10.1. The topological polar surface area (TPSA) is 389 Å². The molecule has 16 N–H and O–H groups in total. The summed E-state index contributed by atoms with van der Waals surface area (Å²) < 4.78 is 0. The second-order valence-corrected chi connectivity index (χ2v) is 16.0. The number of carbonyl (C=O) groups excluding carboxylic acids is 9. The number of benzene rings is 2. The number of primary amides is 2. The minimum absolute atomic E-state index is 0.0396. The molecule has 0 saturated heterocycles. The molecule has 2 aromatic carbocycles. The Morgan fingerprint density at radius 3 is 1.85 bits per heavy atom. The summed E-state index contributed by atoms with van der Waals surface area (Å²) in [6.07, 6.45) is 0.208. The Kier molecular flexibility index (Phi) is 20.7. The monoisotopic (exact) mass is 921 g/mol. The summed E-state index contributed by atoms with van der Waals surface area (Å²) >= 11 is 0. The first-order valence-electron chi connectivity index (χ1n) is 21.0. The van der Waals surface area contributed by atoms with E-state index in [0.29, 0.717) is 5.56 Å². The molecule has 0 bridgehead atoms. The number of H-pyrrole nitrogens is 1. The molecular weight excluding hydrogens is 863 g/mol. The average Bonchev–Trinajstić information content (AvgIpc) is 3.67. The van der Waals surface area contributed by atoms with Gasteiger partial charge in [0, 0.05) is 36.4 Å². The molecule has 7 atom stereocenters. The average molecular weight is 922 g/mol. The van der Waals surface area contributed by atoms with Crippen molar-refractivity contribution < 1.29 is 58.2 Å². The van der Waals surface area contributed by atoms with Crippen molar-refractivity contribution >= 4 is 70.0 Å². The van der Waals surface area contributed by atoms with Gasteiger partial charge in [0.2, 0.25) is 53.2 Å². The highest BCUT2D eigenvalue weighted by Crippen LogP contribution is 2.19. The van der Waals surface area contributed by atoms with Gasteiger partial charge < -0.3 is 69.6 Å². The molecule has 0 radical (unpaired) electrons. The second kappa shape index (κ2) is 25.8. The SMILES string of the molecule is CC(C)C[C@H](NC(=O)[C@@H](N)CCC(=O)O)C(=O)N[C@@H](CC(N)=O)C(=O)N[C@@H](Cc1ccccc1)C(=O)N[C@@H](CO)C(=O)N[C@@H](C)C(=O)NCC(=O)N[C@@H](Cc1c[nH]c2ccccc12)C(N)=O. The zero-order valence-electron chi connectivity index (χ0n) is 36.8. The van der Waals surface area contributed by atoms with Crippen LogP contribution in [0.5, 0.6) is 0 Å². The fourth-order valence-corrected chi connectivity index (χ4v) is 6.56. The van der Waals surface area contributed by atoms with E-state index in [-0.39, 0.29) is 31.6 Å². The molecule has 3 aromatic rings. The summed E-state index contributed by atoms with van der Waals surface area (Å²) in [7, 11) is 0. The Bertz CT molecular complexity index is 2220. The molecular formula is C43H59N11O12. The lowest BCUT2D eigenvalue weighted by Crippen LogP contribution is -2.60.